The smallest absolute Gasteiger partial charge is 0.259 e. The SMILES string of the molecule is Cc1c(CN2CCO[C@H](c3c(C(N)=O)sc4ccccc34)C2)oc2ccccc12. The number of thiophene rings is 1. The predicted molar refractivity (Wildman–Crippen MR) is 115 cm³/mol. The van der Waals surface area contributed by atoms with Gasteiger partial charge in [0.2, 0.25) is 0 Å². The fourth-order valence-corrected chi connectivity index (χ4v) is 5.27. The van der Waals surface area contributed by atoms with Crippen molar-refractivity contribution in [3.8, 4) is 0 Å². The van der Waals surface area contributed by atoms with E-state index in [1.807, 2.05) is 42.5 Å². The molecule has 5 nitrogen and oxygen atoms in total. The Morgan fingerprint density at radius 2 is 1.93 bits per heavy atom. The number of primary amides is 1. The Kier molecular flexibility index (Phi) is 4.62. The topological polar surface area (TPSA) is 68.7 Å². The minimum Gasteiger partial charge on any atom is -0.459 e. The zero-order valence-electron chi connectivity index (χ0n) is 16.2. The summed E-state index contributed by atoms with van der Waals surface area (Å²) in [5.74, 6) is 0.590. The van der Waals surface area contributed by atoms with Gasteiger partial charge >= 0.3 is 0 Å². The Labute approximate surface area is 172 Å². The molecule has 5 rings (SSSR count). The molecule has 1 amide bonds. The number of fused-ring (bicyclic) bond motifs is 2. The van der Waals surface area contributed by atoms with E-state index in [1.165, 1.54) is 16.9 Å². The Morgan fingerprint density at radius 1 is 1.17 bits per heavy atom. The molecule has 0 saturated carbocycles. The third kappa shape index (κ3) is 3.23. The summed E-state index contributed by atoms with van der Waals surface area (Å²) in [6.45, 7) is 4.94. The minimum absolute atomic E-state index is 0.188. The molecule has 148 valence electrons. The van der Waals surface area contributed by atoms with Crippen molar-refractivity contribution in [2.75, 3.05) is 19.7 Å². The Bertz CT molecular complexity index is 1210. The Morgan fingerprint density at radius 3 is 2.72 bits per heavy atom. The first-order valence-electron chi connectivity index (χ1n) is 9.74. The highest BCUT2D eigenvalue weighted by Gasteiger charge is 2.29. The molecule has 2 aromatic heterocycles. The summed E-state index contributed by atoms with van der Waals surface area (Å²) in [5.41, 5.74) is 8.72. The van der Waals surface area contributed by atoms with Gasteiger partial charge in [-0.1, -0.05) is 36.4 Å². The lowest BCUT2D eigenvalue weighted by molar-refractivity contribution is -0.0340. The lowest BCUT2D eigenvalue weighted by Gasteiger charge is -2.33. The van der Waals surface area contributed by atoms with Crippen molar-refractivity contribution in [1.82, 2.24) is 4.90 Å². The van der Waals surface area contributed by atoms with Crippen LogP contribution in [0.25, 0.3) is 21.1 Å². The van der Waals surface area contributed by atoms with Crippen molar-refractivity contribution in [1.29, 1.82) is 0 Å². The quantitative estimate of drug-likeness (QED) is 0.537. The van der Waals surface area contributed by atoms with Crippen molar-refractivity contribution < 1.29 is 13.9 Å². The van der Waals surface area contributed by atoms with Crippen molar-refractivity contribution >= 4 is 38.3 Å². The van der Waals surface area contributed by atoms with E-state index in [0.717, 1.165) is 38.9 Å². The second-order valence-corrected chi connectivity index (χ2v) is 8.50. The van der Waals surface area contributed by atoms with Crippen LogP contribution in [0.5, 0.6) is 0 Å². The maximum atomic E-state index is 12.1. The van der Waals surface area contributed by atoms with E-state index in [0.29, 0.717) is 24.6 Å². The van der Waals surface area contributed by atoms with Gasteiger partial charge in [0, 0.05) is 28.7 Å². The first kappa shape index (κ1) is 18.4. The maximum Gasteiger partial charge on any atom is 0.259 e. The number of morpholine rings is 1. The minimum atomic E-state index is -0.393. The highest BCUT2D eigenvalue weighted by atomic mass is 32.1. The number of furan rings is 1. The lowest BCUT2D eigenvalue weighted by atomic mass is 10.0. The molecule has 0 unspecified atom stereocenters. The molecule has 0 radical (unpaired) electrons. The number of carbonyl (C=O) groups excluding carboxylic acids is 1. The van der Waals surface area contributed by atoms with Gasteiger partial charge < -0.3 is 14.9 Å². The summed E-state index contributed by atoms with van der Waals surface area (Å²) in [5, 5.41) is 2.21. The first-order chi connectivity index (χ1) is 14.1. The average Bonchev–Trinajstić information content (AvgIpc) is 3.27. The summed E-state index contributed by atoms with van der Waals surface area (Å²) in [6.07, 6.45) is -0.188. The molecule has 1 aliphatic heterocycles. The van der Waals surface area contributed by atoms with Gasteiger partial charge in [0.25, 0.3) is 5.91 Å². The van der Waals surface area contributed by atoms with E-state index in [1.54, 1.807) is 0 Å². The zero-order valence-corrected chi connectivity index (χ0v) is 17.0. The monoisotopic (exact) mass is 406 g/mol. The van der Waals surface area contributed by atoms with Crippen LogP contribution < -0.4 is 5.73 Å². The second-order valence-electron chi connectivity index (χ2n) is 7.45. The van der Waals surface area contributed by atoms with E-state index >= 15 is 0 Å². The Hall–Kier alpha value is -2.67. The molecule has 4 aromatic rings. The van der Waals surface area contributed by atoms with Crippen LogP contribution in [-0.2, 0) is 11.3 Å². The van der Waals surface area contributed by atoms with Gasteiger partial charge in [-0.25, -0.2) is 0 Å². The highest BCUT2D eigenvalue weighted by Crippen LogP contribution is 2.38. The van der Waals surface area contributed by atoms with Crippen LogP contribution in [0.15, 0.2) is 52.9 Å². The van der Waals surface area contributed by atoms with Gasteiger partial charge in [-0.2, -0.15) is 0 Å². The molecule has 1 fully saturated rings. The van der Waals surface area contributed by atoms with Crippen LogP contribution >= 0.6 is 11.3 Å². The van der Waals surface area contributed by atoms with E-state index < -0.39 is 5.91 Å². The van der Waals surface area contributed by atoms with Crippen molar-refractivity contribution in [3.05, 3.63) is 70.3 Å². The van der Waals surface area contributed by atoms with Gasteiger partial charge in [0.15, 0.2) is 0 Å². The molecule has 0 bridgehead atoms. The molecule has 0 spiro atoms. The van der Waals surface area contributed by atoms with E-state index in [-0.39, 0.29) is 6.10 Å². The standard InChI is InChI=1S/C23H22N2O3S/c1-14-15-6-2-4-8-17(15)28-18(14)12-25-10-11-27-19(13-25)21-16-7-3-5-9-20(16)29-22(21)23(24)26/h2-9,19H,10-13H2,1H3,(H2,24,26)/t19-/m0/s1. The normalized spacial score (nSPS) is 17.9. The molecule has 3 heterocycles. The summed E-state index contributed by atoms with van der Waals surface area (Å²) >= 11 is 1.44. The summed E-state index contributed by atoms with van der Waals surface area (Å²) in [4.78, 5) is 15.0. The summed E-state index contributed by atoms with van der Waals surface area (Å²) in [6, 6.07) is 16.2. The number of rotatable bonds is 4. The molecule has 29 heavy (non-hydrogen) atoms. The average molecular weight is 407 g/mol. The molecule has 1 aliphatic rings. The predicted octanol–water partition coefficient (Wildman–Crippen LogP) is 4.63. The summed E-state index contributed by atoms with van der Waals surface area (Å²) < 4.78 is 13.3. The van der Waals surface area contributed by atoms with Gasteiger partial charge in [-0.3, -0.25) is 9.69 Å². The second kappa shape index (κ2) is 7.30. The van der Waals surface area contributed by atoms with E-state index in [4.69, 9.17) is 14.9 Å². The number of carbonyl (C=O) groups is 1. The van der Waals surface area contributed by atoms with Crippen LogP contribution in [0.3, 0.4) is 0 Å². The number of hydrogen-bond acceptors (Lipinski definition) is 5. The molecule has 2 N–H and O–H groups in total. The molecular formula is C23H22N2O3S. The number of ether oxygens (including phenoxy) is 1. The van der Waals surface area contributed by atoms with E-state index in [9.17, 15) is 4.79 Å². The molecule has 1 atom stereocenters. The molecule has 1 saturated heterocycles. The third-order valence-electron chi connectivity index (χ3n) is 5.64. The van der Waals surface area contributed by atoms with Gasteiger partial charge in [-0.15, -0.1) is 11.3 Å². The van der Waals surface area contributed by atoms with Crippen molar-refractivity contribution in [3.63, 3.8) is 0 Å². The maximum absolute atomic E-state index is 12.1. The van der Waals surface area contributed by atoms with Crippen LogP contribution in [0.1, 0.15) is 32.7 Å². The van der Waals surface area contributed by atoms with Crippen LogP contribution in [-0.4, -0.2) is 30.5 Å². The first-order valence-corrected chi connectivity index (χ1v) is 10.6. The number of nitrogens with two attached hydrogens (primary N) is 1. The molecule has 2 aromatic carbocycles. The van der Waals surface area contributed by atoms with Crippen molar-refractivity contribution in [2.45, 2.75) is 19.6 Å². The molecule has 0 aliphatic carbocycles. The number of para-hydroxylation sites is 1. The fourth-order valence-electron chi connectivity index (χ4n) is 4.17. The van der Waals surface area contributed by atoms with Gasteiger partial charge in [0.1, 0.15) is 11.3 Å². The largest absolute Gasteiger partial charge is 0.459 e. The van der Waals surface area contributed by atoms with Gasteiger partial charge in [0.05, 0.1) is 24.1 Å². The van der Waals surface area contributed by atoms with Gasteiger partial charge in [-0.05, 0) is 30.0 Å². The number of amides is 1. The third-order valence-corrected chi connectivity index (χ3v) is 6.84. The van der Waals surface area contributed by atoms with Crippen LogP contribution in [0, 0.1) is 6.92 Å². The number of hydrogen-bond donors (Lipinski definition) is 1. The molecular weight excluding hydrogens is 384 g/mol. The number of aryl methyl sites for hydroxylation is 1. The lowest BCUT2D eigenvalue weighted by Crippen LogP contribution is -2.38. The summed E-state index contributed by atoms with van der Waals surface area (Å²) in [7, 11) is 0. The van der Waals surface area contributed by atoms with Crippen LogP contribution in [0.2, 0.25) is 0 Å². The highest BCUT2D eigenvalue weighted by molar-refractivity contribution is 7.21. The van der Waals surface area contributed by atoms with Crippen LogP contribution in [0.4, 0.5) is 0 Å². The van der Waals surface area contributed by atoms with E-state index in [2.05, 4.69) is 17.9 Å². The number of benzene rings is 2. The fraction of sp³-hybridized carbons (Fsp3) is 0.261. The number of nitrogens with zero attached hydrogens (tertiary/aromatic N) is 1. The zero-order chi connectivity index (χ0) is 20.0. The molecule has 6 heteroatoms. The van der Waals surface area contributed by atoms with Crippen molar-refractivity contribution in [2.24, 2.45) is 5.73 Å². The Balaban J connectivity index is 1.45.